The van der Waals surface area contributed by atoms with Crippen molar-refractivity contribution >= 4 is 11.6 Å². The van der Waals surface area contributed by atoms with E-state index in [0.717, 1.165) is 29.9 Å². The minimum absolute atomic E-state index is 0.00847. The van der Waals surface area contributed by atoms with E-state index in [1.165, 1.54) is 0 Å². The number of benzene rings is 1. The minimum atomic E-state index is -0.00847. The highest BCUT2D eigenvalue weighted by Crippen LogP contribution is 2.39. The zero-order valence-electron chi connectivity index (χ0n) is 11.0. The lowest BCUT2D eigenvalue weighted by Gasteiger charge is -2.21. The average molecular weight is 257 g/mol. The van der Waals surface area contributed by atoms with Gasteiger partial charge in [0.05, 0.1) is 19.6 Å². The summed E-state index contributed by atoms with van der Waals surface area (Å²) in [6, 6.07) is 5.80. The molecule has 2 nitrogen and oxygen atoms in total. The summed E-state index contributed by atoms with van der Waals surface area (Å²) >= 11 is 6.53. The molecular formula is C14H21ClO2. The number of hydrogen-bond acceptors (Lipinski definition) is 2. The maximum absolute atomic E-state index is 6.53. The Morgan fingerprint density at radius 3 is 2.24 bits per heavy atom. The molecule has 0 heterocycles. The molecule has 0 N–H and O–H groups in total. The second-order valence-electron chi connectivity index (χ2n) is 4.09. The molecule has 0 amide bonds. The third-order valence-corrected chi connectivity index (χ3v) is 3.79. The number of methoxy groups -OCH3 is 2. The Morgan fingerprint density at radius 2 is 1.76 bits per heavy atom. The zero-order valence-corrected chi connectivity index (χ0v) is 11.8. The van der Waals surface area contributed by atoms with Crippen LogP contribution in [0.2, 0.25) is 0 Å². The molecule has 0 aliphatic carbocycles. The molecule has 1 aromatic rings. The number of rotatable bonds is 6. The largest absolute Gasteiger partial charge is 0.497 e. The molecule has 1 rings (SSSR count). The third kappa shape index (κ3) is 3.29. The predicted octanol–water partition coefficient (Wildman–Crippen LogP) is 4.42. The lowest BCUT2D eigenvalue weighted by molar-refractivity contribution is 0.384. The molecular weight excluding hydrogens is 236 g/mol. The molecule has 0 aliphatic heterocycles. The standard InChI is InChI=1S/C14H21ClO2/c1-5-10(6-2)14(15)12-8-7-11(16-3)9-13(12)17-4/h7-10,14H,5-6H2,1-4H3. The van der Waals surface area contributed by atoms with Crippen molar-refractivity contribution in [2.75, 3.05) is 14.2 Å². The summed E-state index contributed by atoms with van der Waals surface area (Å²) < 4.78 is 10.6. The van der Waals surface area contributed by atoms with E-state index in [1.807, 2.05) is 18.2 Å². The second-order valence-corrected chi connectivity index (χ2v) is 4.56. The van der Waals surface area contributed by atoms with Crippen molar-refractivity contribution in [1.29, 1.82) is 0 Å². The lowest BCUT2D eigenvalue weighted by Crippen LogP contribution is -2.07. The Balaban J connectivity index is 3.03. The van der Waals surface area contributed by atoms with Crippen LogP contribution in [0.4, 0.5) is 0 Å². The SMILES string of the molecule is CCC(CC)C(Cl)c1ccc(OC)cc1OC. The van der Waals surface area contributed by atoms with E-state index in [0.29, 0.717) is 5.92 Å². The molecule has 0 fully saturated rings. The van der Waals surface area contributed by atoms with Gasteiger partial charge in [-0.3, -0.25) is 0 Å². The van der Waals surface area contributed by atoms with Gasteiger partial charge in [0.15, 0.2) is 0 Å². The van der Waals surface area contributed by atoms with Gasteiger partial charge in [-0.25, -0.2) is 0 Å². The summed E-state index contributed by atoms with van der Waals surface area (Å²) in [5, 5.41) is -0.00847. The minimum Gasteiger partial charge on any atom is -0.497 e. The Morgan fingerprint density at radius 1 is 1.12 bits per heavy atom. The summed E-state index contributed by atoms with van der Waals surface area (Å²) in [4.78, 5) is 0. The van der Waals surface area contributed by atoms with E-state index in [9.17, 15) is 0 Å². The van der Waals surface area contributed by atoms with Gasteiger partial charge in [0.25, 0.3) is 0 Å². The van der Waals surface area contributed by atoms with Gasteiger partial charge in [-0.05, 0) is 12.0 Å². The molecule has 0 radical (unpaired) electrons. The number of ether oxygens (including phenoxy) is 2. The van der Waals surface area contributed by atoms with Crippen molar-refractivity contribution in [3.05, 3.63) is 23.8 Å². The molecule has 1 aromatic carbocycles. The summed E-state index contributed by atoms with van der Waals surface area (Å²) in [5.74, 6) is 2.06. The first kappa shape index (κ1) is 14.2. The van der Waals surface area contributed by atoms with E-state index in [-0.39, 0.29) is 5.38 Å². The van der Waals surface area contributed by atoms with Gasteiger partial charge in [0.1, 0.15) is 11.5 Å². The molecule has 1 atom stereocenters. The van der Waals surface area contributed by atoms with E-state index in [2.05, 4.69) is 13.8 Å². The van der Waals surface area contributed by atoms with E-state index < -0.39 is 0 Å². The Labute approximate surface area is 109 Å². The van der Waals surface area contributed by atoms with Crippen molar-refractivity contribution in [2.24, 2.45) is 5.92 Å². The van der Waals surface area contributed by atoms with Crippen molar-refractivity contribution < 1.29 is 9.47 Å². The maximum atomic E-state index is 6.53. The van der Waals surface area contributed by atoms with Crippen LogP contribution >= 0.6 is 11.6 Å². The topological polar surface area (TPSA) is 18.5 Å². The first-order valence-corrected chi connectivity index (χ1v) is 6.47. The van der Waals surface area contributed by atoms with Gasteiger partial charge in [-0.2, -0.15) is 0 Å². The number of alkyl halides is 1. The van der Waals surface area contributed by atoms with Crippen LogP contribution in [0.1, 0.15) is 37.6 Å². The lowest BCUT2D eigenvalue weighted by atomic mass is 9.93. The maximum Gasteiger partial charge on any atom is 0.127 e. The number of halogens is 1. The summed E-state index contributed by atoms with van der Waals surface area (Å²) in [5.41, 5.74) is 1.05. The van der Waals surface area contributed by atoms with E-state index in [1.54, 1.807) is 14.2 Å². The summed E-state index contributed by atoms with van der Waals surface area (Å²) in [6.07, 6.45) is 2.14. The molecule has 96 valence electrons. The molecule has 0 saturated heterocycles. The molecule has 0 saturated carbocycles. The highest BCUT2D eigenvalue weighted by molar-refractivity contribution is 6.21. The Hall–Kier alpha value is -0.890. The third-order valence-electron chi connectivity index (χ3n) is 3.20. The fourth-order valence-corrected chi connectivity index (χ4v) is 2.54. The zero-order chi connectivity index (χ0) is 12.8. The Kier molecular flexibility index (Phi) is 5.63. The monoisotopic (exact) mass is 256 g/mol. The highest BCUT2D eigenvalue weighted by Gasteiger charge is 2.21. The quantitative estimate of drug-likeness (QED) is 0.702. The van der Waals surface area contributed by atoms with Crippen LogP contribution in [-0.4, -0.2) is 14.2 Å². The average Bonchev–Trinajstić information content (AvgIpc) is 2.39. The first-order chi connectivity index (χ1) is 8.17. The molecule has 0 spiro atoms. The van der Waals surface area contributed by atoms with E-state index in [4.69, 9.17) is 21.1 Å². The van der Waals surface area contributed by atoms with Crippen molar-refractivity contribution in [3.8, 4) is 11.5 Å². The van der Waals surface area contributed by atoms with Crippen LogP contribution in [0.25, 0.3) is 0 Å². The van der Waals surface area contributed by atoms with Crippen molar-refractivity contribution in [1.82, 2.24) is 0 Å². The van der Waals surface area contributed by atoms with Crippen molar-refractivity contribution in [3.63, 3.8) is 0 Å². The summed E-state index contributed by atoms with van der Waals surface area (Å²) in [6.45, 7) is 4.33. The second kappa shape index (κ2) is 6.75. The normalized spacial score (nSPS) is 12.6. The van der Waals surface area contributed by atoms with Crippen LogP contribution in [0, 0.1) is 5.92 Å². The van der Waals surface area contributed by atoms with Gasteiger partial charge in [-0.15, -0.1) is 11.6 Å². The molecule has 0 aliphatic rings. The van der Waals surface area contributed by atoms with Crippen LogP contribution in [0.3, 0.4) is 0 Å². The van der Waals surface area contributed by atoms with Crippen LogP contribution < -0.4 is 9.47 Å². The van der Waals surface area contributed by atoms with Crippen LogP contribution in [-0.2, 0) is 0 Å². The fourth-order valence-electron chi connectivity index (χ4n) is 2.00. The van der Waals surface area contributed by atoms with Gasteiger partial charge in [-0.1, -0.05) is 32.8 Å². The van der Waals surface area contributed by atoms with Crippen molar-refractivity contribution in [2.45, 2.75) is 32.1 Å². The fraction of sp³-hybridized carbons (Fsp3) is 0.571. The summed E-state index contributed by atoms with van der Waals surface area (Å²) in [7, 11) is 3.31. The number of hydrogen-bond donors (Lipinski definition) is 0. The van der Waals surface area contributed by atoms with Gasteiger partial charge < -0.3 is 9.47 Å². The van der Waals surface area contributed by atoms with Gasteiger partial charge in [0.2, 0.25) is 0 Å². The predicted molar refractivity (Wildman–Crippen MR) is 72.2 cm³/mol. The first-order valence-electron chi connectivity index (χ1n) is 6.03. The Bertz CT molecular complexity index is 348. The molecule has 1 unspecified atom stereocenters. The molecule has 0 bridgehead atoms. The van der Waals surface area contributed by atoms with Gasteiger partial charge in [0, 0.05) is 11.6 Å². The smallest absolute Gasteiger partial charge is 0.127 e. The van der Waals surface area contributed by atoms with Gasteiger partial charge >= 0.3 is 0 Å². The molecule has 17 heavy (non-hydrogen) atoms. The molecule has 3 heteroatoms. The van der Waals surface area contributed by atoms with E-state index >= 15 is 0 Å². The molecule has 0 aromatic heterocycles. The highest BCUT2D eigenvalue weighted by atomic mass is 35.5. The van der Waals surface area contributed by atoms with Crippen LogP contribution in [0.15, 0.2) is 18.2 Å². The van der Waals surface area contributed by atoms with Crippen LogP contribution in [0.5, 0.6) is 11.5 Å².